The summed E-state index contributed by atoms with van der Waals surface area (Å²) in [7, 11) is 0. The van der Waals surface area contributed by atoms with Gasteiger partial charge in [-0.3, -0.25) is 0 Å². The number of aliphatic hydroxyl groups excluding tert-OH is 1. The van der Waals surface area contributed by atoms with Crippen molar-refractivity contribution in [1.82, 2.24) is 4.90 Å². The molecule has 0 bridgehead atoms. The average molecular weight is 247 g/mol. The predicted octanol–water partition coefficient (Wildman–Crippen LogP) is 2.86. The molecule has 1 aromatic rings. The maximum atomic E-state index is 11.6. The summed E-state index contributed by atoms with van der Waals surface area (Å²) >= 11 is 0. The van der Waals surface area contributed by atoms with Crippen LogP contribution >= 0.6 is 0 Å². The Labute approximate surface area is 106 Å². The van der Waals surface area contributed by atoms with Crippen molar-refractivity contribution >= 4 is 6.09 Å². The standard InChI is InChI=1S/C14H17NO3/c1-2-6-13(16)15-12(10-18-14(15)17)9-11-7-4-3-5-8-11/h3-8,12,16H,2,9-10H2,1H3/b13-6-/t12-/m0/s1. The van der Waals surface area contributed by atoms with Crippen molar-refractivity contribution in [3.63, 3.8) is 0 Å². The number of carbonyl (C=O) groups excluding carboxylic acids is 1. The SMILES string of the molecule is CC/C=C(\O)N1C(=O)OC[C@@H]1Cc1ccccc1. The van der Waals surface area contributed by atoms with Gasteiger partial charge in [0.1, 0.15) is 6.61 Å². The summed E-state index contributed by atoms with van der Waals surface area (Å²) in [6, 6.07) is 9.73. The summed E-state index contributed by atoms with van der Waals surface area (Å²) in [5.74, 6) is -0.0130. The van der Waals surface area contributed by atoms with E-state index in [2.05, 4.69) is 0 Å². The second-order valence-electron chi connectivity index (χ2n) is 4.26. The molecule has 0 radical (unpaired) electrons. The minimum Gasteiger partial charge on any atom is -0.495 e. The van der Waals surface area contributed by atoms with Crippen LogP contribution in [0.2, 0.25) is 0 Å². The van der Waals surface area contributed by atoms with E-state index in [4.69, 9.17) is 4.74 Å². The Morgan fingerprint density at radius 2 is 2.22 bits per heavy atom. The molecule has 1 heterocycles. The number of nitrogens with zero attached hydrogens (tertiary/aromatic N) is 1. The number of benzene rings is 1. The van der Waals surface area contributed by atoms with Crippen LogP contribution in [0.5, 0.6) is 0 Å². The molecule has 4 heteroatoms. The van der Waals surface area contributed by atoms with Gasteiger partial charge < -0.3 is 9.84 Å². The largest absolute Gasteiger partial charge is 0.495 e. The Hall–Kier alpha value is -1.97. The van der Waals surface area contributed by atoms with Gasteiger partial charge in [-0.1, -0.05) is 37.3 Å². The van der Waals surface area contributed by atoms with Crippen molar-refractivity contribution in [2.75, 3.05) is 6.61 Å². The second-order valence-corrected chi connectivity index (χ2v) is 4.26. The summed E-state index contributed by atoms with van der Waals surface area (Å²) < 4.78 is 5.00. The zero-order valence-corrected chi connectivity index (χ0v) is 10.4. The number of hydrogen-bond donors (Lipinski definition) is 1. The molecule has 4 nitrogen and oxygen atoms in total. The van der Waals surface area contributed by atoms with Crippen LogP contribution in [0.4, 0.5) is 4.79 Å². The molecule has 1 aliphatic heterocycles. The fraction of sp³-hybridized carbons (Fsp3) is 0.357. The van der Waals surface area contributed by atoms with Crippen LogP contribution in [0.25, 0.3) is 0 Å². The van der Waals surface area contributed by atoms with Crippen LogP contribution in [0.15, 0.2) is 42.3 Å². The van der Waals surface area contributed by atoms with Gasteiger partial charge in [-0.15, -0.1) is 0 Å². The number of carbonyl (C=O) groups is 1. The first-order chi connectivity index (χ1) is 8.72. The molecule has 1 aliphatic rings. The first-order valence-electron chi connectivity index (χ1n) is 6.11. The number of ether oxygens (including phenoxy) is 1. The van der Waals surface area contributed by atoms with E-state index < -0.39 is 6.09 Å². The lowest BCUT2D eigenvalue weighted by molar-refractivity contribution is 0.149. The summed E-state index contributed by atoms with van der Waals surface area (Å²) in [5, 5.41) is 9.85. The van der Waals surface area contributed by atoms with E-state index in [9.17, 15) is 9.90 Å². The van der Waals surface area contributed by atoms with E-state index in [1.165, 1.54) is 4.90 Å². The lowest BCUT2D eigenvalue weighted by Gasteiger charge is -2.20. The molecule has 1 amide bonds. The second kappa shape index (κ2) is 5.58. The minimum absolute atomic E-state index is 0.0130. The summed E-state index contributed by atoms with van der Waals surface area (Å²) in [5.41, 5.74) is 1.12. The fourth-order valence-corrected chi connectivity index (χ4v) is 2.06. The highest BCUT2D eigenvalue weighted by molar-refractivity contribution is 5.72. The third kappa shape index (κ3) is 2.64. The van der Waals surface area contributed by atoms with Crippen LogP contribution in [-0.4, -0.2) is 28.7 Å². The van der Waals surface area contributed by atoms with Gasteiger partial charge in [0.2, 0.25) is 0 Å². The highest BCUT2D eigenvalue weighted by atomic mass is 16.6. The highest BCUT2D eigenvalue weighted by Gasteiger charge is 2.35. The Bertz CT molecular complexity index is 442. The van der Waals surface area contributed by atoms with Crippen LogP contribution in [-0.2, 0) is 11.2 Å². The van der Waals surface area contributed by atoms with Crippen molar-refractivity contribution in [2.24, 2.45) is 0 Å². The molecule has 0 unspecified atom stereocenters. The lowest BCUT2D eigenvalue weighted by atomic mass is 10.1. The van der Waals surface area contributed by atoms with Crippen LogP contribution in [0.1, 0.15) is 18.9 Å². The molecule has 0 spiro atoms. The van der Waals surface area contributed by atoms with Crippen molar-refractivity contribution in [3.8, 4) is 0 Å². The zero-order chi connectivity index (χ0) is 13.0. The molecule has 2 rings (SSSR count). The van der Waals surface area contributed by atoms with E-state index in [0.717, 1.165) is 5.56 Å². The van der Waals surface area contributed by atoms with E-state index in [0.29, 0.717) is 19.4 Å². The number of hydrogen-bond acceptors (Lipinski definition) is 3. The molecule has 0 aliphatic carbocycles. The average Bonchev–Trinajstić information content (AvgIpc) is 2.72. The predicted molar refractivity (Wildman–Crippen MR) is 68.1 cm³/mol. The Balaban J connectivity index is 2.12. The van der Waals surface area contributed by atoms with E-state index in [1.807, 2.05) is 37.3 Å². The van der Waals surface area contributed by atoms with E-state index in [1.54, 1.807) is 6.08 Å². The number of amides is 1. The first kappa shape index (κ1) is 12.5. The van der Waals surface area contributed by atoms with Crippen LogP contribution in [0.3, 0.4) is 0 Å². The maximum absolute atomic E-state index is 11.6. The summed E-state index contributed by atoms with van der Waals surface area (Å²) in [6.07, 6.45) is 2.49. The summed E-state index contributed by atoms with van der Waals surface area (Å²) in [6.45, 7) is 2.22. The number of cyclic esters (lactones) is 1. The Kier molecular flexibility index (Phi) is 3.87. The minimum atomic E-state index is -0.474. The third-order valence-electron chi connectivity index (χ3n) is 2.91. The summed E-state index contributed by atoms with van der Waals surface area (Å²) in [4.78, 5) is 12.9. The van der Waals surface area contributed by atoms with E-state index in [-0.39, 0.29) is 11.9 Å². The van der Waals surface area contributed by atoms with Crippen molar-refractivity contribution in [2.45, 2.75) is 25.8 Å². The van der Waals surface area contributed by atoms with Crippen molar-refractivity contribution in [1.29, 1.82) is 0 Å². The molecule has 96 valence electrons. The molecule has 1 atom stereocenters. The molecular weight excluding hydrogens is 230 g/mol. The lowest BCUT2D eigenvalue weighted by Crippen LogP contribution is -2.34. The molecule has 1 saturated heterocycles. The fourth-order valence-electron chi connectivity index (χ4n) is 2.06. The van der Waals surface area contributed by atoms with Gasteiger partial charge >= 0.3 is 6.09 Å². The topological polar surface area (TPSA) is 49.8 Å². The maximum Gasteiger partial charge on any atom is 0.417 e. The smallest absolute Gasteiger partial charge is 0.417 e. The van der Waals surface area contributed by atoms with Crippen molar-refractivity contribution in [3.05, 3.63) is 47.9 Å². The Morgan fingerprint density at radius 3 is 2.89 bits per heavy atom. The van der Waals surface area contributed by atoms with Crippen LogP contribution < -0.4 is 0 Å². The molecule has 0 saturated carbocycles. The monoisotopic (exact) mass is 247 g/mol. The highest BCUT2D eigenvalue weighted by Crippen LogP contribution is 2.21. The molecule has 0 aromatic heterocycles. The number of aliphatic hydroxyl groups is 1. The quantitative estimate of drug-likeness (QED) is 0.832. The molecular formula is C14H17NO3. The van der Waals surface area contributed by atoms with Gasteiger partial charge in [0, 0.05) is 0 Å². The van der Waals surface area contributed by atoms with Crippen LogP contribution in [0, 0.1) is 0 Å². The van der Waals surface area contributed by atoms with Crippen molar-refractivity contribution < 1.29 is 14.6 Å². The zero-order valence-electron chi connectivity index (χ0n) is 10.4. The van der Waals surface area contributed by atoms with Gasteiger partial charge in [0.25, 0.3) is 0 Å². The first-order valence-corrected chi connectivity index (χ1v) is 6.11. The van der Waals surface area contributed by atoms with Gasteiger partial charge in [-0.2, -0.15) is 0 Å². The normalized spacial score (nSPS) is 20.1. The molecule has 1 fully saturated rings. The third-order valence-corrected chi connectivity index (χ3v) is 2.91. The van der Waals surface area contributed by atoms with Gasteiger partial charge in [-0.05, 0) is 24.5 Å². The number of rotatable bonds is 4. The van der Waals surface area contributed by atoms with Gasteiger partial charge in [0.15, 0.2) is 5.88 Å². The van der Waals surface area contributed by atoms with E-state index >= 15 is 0 Å². The molecule has 18 heavy (non-hydrogen) atoms. The van der Waals surface area contributed by atoms with Gasteiger partial charge in [0.05, 0.1) is 6.04 Å². The van der Waals surface area contributed by atoms with Gasteiger partial charge in [-0.25, -0.2) is 9.69 Å². The molecule has 1 aromatic carbocycles. The number of allylic oxidation sites excluding steroid dienone is 1. The molecule has 1 N–H and O–H groups in total. The Morgan fingerprint density at radius 1 is 1.50 bits per heavy atom.